The Labute approximate surface area is 162 Å². The van der Waals surface area contributed by atoms with Gasteiger partial charge in [-0.25, -0.2) is 4.98 Å². The zero-order chi connectivity index (χ0) is 19.1. The van der Waals surface area contributed by atoms with Crippen LogP contribution in [-0.2, 0) is 6.18 Å². The first-order valence-electron chi connectivity index (χ1n) is 7.53. The van der Waals surface area contributed by atoms with Gasteiger partial charge in [-0.15, -0.1) is 0 Å². The van der Waals surface area contributed by atoms with Crippen LogP contribution in [0.5, 0.6) is 0 Å². The van der Waals surface area contributed by atoms with Crippen molar-refractivity contribution in [3.05, 3.63) is 32.9 Å². The van der Waals surface area contributed by atoms with Crippen molar-refractivity contribution >= 4 is 46.6 Å². The average Bonchev–Trinajstić information content (AvgIpc) is 2.57. The predicted molar refractivity (Wildman–Crippen MR) is 97.0 cm³/mol. The number of benzene rings is 1. The summed E-state index contributed by atoms with van der Waals surface area (Å²) in [7, 11) is 0. The zero-order valence-electron chi connectivity index (χ0n) is 13.2. The summed E-state index contributed by atoms with van der Waals surface area (Å²) in [6.07, 6.45) is -4.77. The quantitative estimate of drug-likeness (QED) is 0.707. The standard InChI is InChI=1S/C15H13Cl3F3N5/c16-7-5-8(11(18)9(17)6-7)10-12(15(19,20)21)24-14(25-13(10)22)26-3-1-23-2-4-26/h5-6,23H,1-4H2,(H2,22,24,25). The van der Waals surface area contributed by atoms with E-state index in [4.69, 9.17) is 40.5 Å². The Morgan fingerprint density at radius 3 is 2.35 bits per heavy atom. The molecule has 1 saturated heterocycles. The van der Waals surface area contributed by atoms with E-state index >= 15 is 0 Å². The van der Waals surface area contributed by atoms with Gasteiger partial charge in [-0.3, -0.25) is 0 Å². The van der Waals surface area contributed by atoms with Gasteiger partial charge in [0.05, 0.1) is 15.6 Å². The van der Waals surface area contributed by atoms with Crippen molar-refractivity contribution in [3.63, 3.8) is 0 Å². The molecule has 1 aromatic heterocycles. The highest BCUT2D eigenvalue weighted by molar-refractivity contribution is 6.45. The molecule has 11 heteroatoms. The molecule has 1 aliphatic rings. The number of rotatable bonds is 2. The van der Waals surface area contributed by atoms with Crippen LogP contribution in [0.2, 0.25) is 15.1 Å². The number of nitrogens with two attached hydrogens (primary N) is 1. The van der Waals surface area contributed by atoms with Gasteiger partial charge in [0.2, 0.25) is 5.95 Å². The molecule has 0 saturated carbocycles. The largest absolute Gasteiger partial charge is 0.434 e. The first kappa shape index (κ1) is 19.3. The fourth-order valence-corrected chi connectivity index (χ4v) is 3.38. The molecule has 0 unspecified atom stereocenters. The minimum Gasteiger partial charge on any atom is -0.383 e. The minimum absolute atomic E-state index is 0.00729. The first-order valence-corrected chi connectivity index (χ1v) is 8.67. The second-order valence-corrected chi connectivity index (χ2v) is 6.84. The van der Waals surface area contributed by atoms with Crippen molar-refractivity contribution in [2.75, 3.05) is 36.8 Å². The predicted octanol–water partition coefficient (Wildman–Crippen LogP) is 4.11. The lowest BCUT2D eigenvalue weighted by molar-refractivity contribution is -0.140. The van der Waals surface area contributed by atoms with Crippen LogP contribution in [0.3, 0.4) is 0 Å². The van der Waals surface area contributed by atoms with Crippen LogP contribution in [-0.4, -0.2) is 36.1 Å². The maximum Gasteiger partial charge on any atom is 0.434 e. The van der Waals surface area contributed by atoms with Gasteiger partial charge in [0.1, 0.15) is 5.82 Å². The SMILES string of the molecule is Nc1nc(N2CCNCC2)nc(C(F)(F)F)c1-c1cc(Cl)cc(Cl)c1Cl. The molecule has 1 fully saturated rings. The smallest absolute Gasteiger partial charge is 0.383 e. The summed E-state index contributed by atoms with van der Waals surface area (Å²) in [5, 5.41) is 3.12. The molecule has 0 spiro atoms. The molecule has 1 aliphatic heterocycles. The Morgan fingerprint density at radius 2 is 1.73 bits per heavy atom. The number of aromatic nitrogens is 2. The van der Waals surface area contributed by atoms with Crippen molar-refractivity contribution in [3.8, 4) is 11.1 Å². The summed E-state index contributed by atoms with van der Waals surface area (Å²) in [5.41, 5.74) is 4.20. The summed E-state index contributed by atoms with van der Waals surface area (Å²) in [5.74, 6) is -0.426. The molecule has 26 heavy (non-hydrogen) atoms. The molecule has 0 amide bonds. The number of halogens is 6. The number of hydrogen-bond donors (Lipinski definition) is 2. The van der Waals surface area contributed by atoms with E-state index in [1.807, 2.05) is 0 Å². The number of anilines is 2. The summed E-state index contributed by atoms with van der Waals surface area (Å²) in [6.45, 7) is 2.17. The van der Waals surface area contributed by atoms with E-state index in [0.29, 0.717) is 26.2 Å². The third-order valence-corrected chi connectivity index (χ3v) is 4.88. The molecule has 0 aliphatic carbocycles. The molecule has 140 valence electrons. The topological polar surface area (TPSA) is 67.1 Å². The Kier molecular flexibility index (Phi) is 5.39. The Balaban J connectivity index is 2.22. The van der Waals surface area contributed by atoms with Gasteiger partial charge in [-0.05, 0) is 12.1 Å². The second kappa shape index (κ2) is 7.26. The van der Waals surface area contributed by atoms with Gasteiger partial charge >= 0.3 is 6.18 Å². The van der Waals surface area contributed by atoms with Gasteiger partial charge in [0.15, 0.2) is 5.69 Å². The van der Waals surface area contributed by atoms with Crippen LogP contribution >= 0.6 is 34.8 Å². The maximum absolute atomic E-state index is 13.7. The molecule has 2 heterocycles. The van der Waals surface area contributed by atoms with Gasteiger partial charge in [0.25, 0.3) is 0 Å². The molecule has 2 aromatic rings. The lowest BCUT2D eigenvalue weighted by Crippen LogP contribution is -2.44. The molecule has 1 aromatic carbocycles. The third kappa shape index (κ3) is 3.78. The Hall–Kier alpha value is -1.48. The number of alkyl halides is 3. The van der Waals surface area contributed by atoms with E-state index in [-0.39, 0.29) is 32.4 Å². The lowest BCUT2D eigenvalue weighted by Gasteiger charge is -2.28. The monoisotopic (exact) mass is 425 g/mol. The number of piperazine rings is 1. The van der Waals surface area contributed by atoms with Crippen LogP contribution < -0.4 is 16.0 Å². The molecule has 0 atom stereocenters. The van der Waals surface area contributed by atoms with Crippen molar-refractivity contribution < 1.29 is 13.2 Å². The van der Waals surface area contributed by atoms with Crippen molar-refractivity contribution in [1.82, 2.24) is 15.3 Å². The average molecular weight is 427 g/mol. The van der Waals surface area contributed by atoms with E-state index in [1.54, 1.807) is 4.90 Å². The van der Waals surface area contributed by atoms with E-state index in [9.17, 15) is 13.2 Å². The fraction of sp³-hybridized carbons (Fsp3) is 0.333. The van der Waals surface area contributed by atoms with E-state index in [0.717, 1.165) is 0 Å². The normalized spacial score (nSPS) is 15.4. The Bertz CT molecular complexity index is 838. The molecule has 3 N–H and O–H groups in total. The fourth-order valence-electron chi connectivity index (χ4n) is 2.68. The van der Waals surface area contributed by atoms with E-state index < -0.39 is 17.4 Å². The van der Waals surface area contributed by atoms with Crippen molar-refractivity contribution in [1.29, 1.82) is 0 Å². The molecule has 3 rings (SSSR count). The highest BCUT2D eigenvalue weighted by atomic mass is 35.5. The van der Waals surface area contributed by atoms with Gasteiger partial charge in [-0.1, -0.05) is 34.8 Å². The summed E-state index contributed by atoms with van der Waals surface area (Å²) in [4.78, 5) is 9.45. The number of nitrogen functional groups attached to an aromatic ring is 1. The highest BCUT2D eigenvalue weighted by Gasteiger charge is 2.39. The van der Waals surface area contributed by atoms with Crippen LogP contribution in [0.1, 0.15) is 5.69 Å². The molecular formula is C15H13Cl3F3N5. The van der Waals surface area contributed by atoms with Crippen molar-refractivity contribution in [2.24, 2.45) is 0 Å². The van der Waals surface area contributed by atoms with Crippen molar-refractivity contribution in [2.45, 2.75) is 6.18 Å². The van der Waals surface area contributed by atoms with Gasteiger partial charge in [0, 0.05) is 36.8 Å². The number of hydrogen-bond acceptors (Lipinski definition) is 5. The minimum atomic E-state index is -4.77. The maximum atomic E-state index is 13.7. The molecular weight excluding hydrogens is 414 g/mol. The van der Waals surface area contributed by atoms with Crippen LogP contribution in [0, 0.1) is 0 Å². The van der Waals surface area contributed by atoms with E-state index in [2.05, 4.69) is 15.3 Å². The Morgan fingerprint density at radius 1 is 1.08 bits per heavy atom. The summed E-state index contributed by atoms with van der Waals surface area (Å²) < 4.78 is 41.1. The molecule has 0 bridgehead atoms. The summed E-state index contributed by atoms with van der Waals surface area (Å²) >= 11 is 18.0. The van der Waals surface area contributed by atoms with Crippen LogP contribution in [0.4, 0.5) is 24.9 Å². The summed E-state index contributed by atoms with van der Waals surface area (Å²) in [6, 6.07) is 2.58. The number of nitrogens with one attached hydrogen (secondary N) is 1. The molecule has 0 radical (unpaired) electrons. The number of nitrogens with zero attached hydrogens (tertiary/aromatic N) is 3. The van der Waals surface area contributed by atoms with Crippen LogP contribution in [0.15, 0.2) is 12.1 Å². The lowest BCUT2D eigenvalue weighted by atomic mass is 10.0. The zero-order valence-corrected chi connectivity index (χ0v) is 15.4. The van der Waals surface area contributed by atoms with Crippen LogP contribution in [0.25, 0.3) is 11.1 Å². The van der Waals surface area contributed by atoms with E-state index in [1.165, 1.54) is 12.1 Å². The highest BCUT2D eigenvalue weighted by Crippen LogP contribution is 2.44. The van der Waals surface area contributed by atoms with Gasteiger partial charge in [-0.2, -0.15) is 18.2 Å². The third-order valence-electron chi connectivity index (χ3n) is 3.86. The first-order chi connectivity index (χ1) is 12.2. The molecule has 5 nitrogen and oxygen atoms in total. The van der Waals surface area contributed by atoms with Gasteiger partial charge < -0.3 is 16.0 Å². The second-order valence-electron chi connectivity index (χ2n) is 5.62.